The van der Waals surface area contributed by atoms with Crippen molar-refractivity contribution in [2.24, 2.45) is 5.73 Å². The van der Waals surface area contributed by atoms with Crippen molar-refractivity contribution >= 4 is 11.6 Å². The summed E-state index contributed by atoms with van der Waals surface area (Å²) in [4.78, 5) is 16.3. The average Bonchev–Trinajstić information content (AvgIpc) is 2.59. The lowest BCUT2D eigenvalue weighted by Crippen LogP contribution is -2.40. The number of hydrogen-bond donors (Lipinski definition) is 1. The molecule has 23 heavy (non-hydrogen) atoms. The van der Waals surface area contributed by atoms with E-state index in [1.807, 2.05) is 56.4 Å². The van der Waals surface area contributed by atoms with Crippen LogP contribution in [0.5, 0.6) is 0 Å². The molecule has 2 aromatic rings. The molecule has 1 atom stereocenters. The first-order chi connectivity index (χ1) is 11.0. The Hall–Kier alpha value is -2.33. The number of carbonyl (C=O) groups is 1. The molecule has 0 heterocycles. The van der Waals surface area contributed by atoms with Gasteiger partial charge in [-0.1, -0.05) is 48.0 Å². The van der Waals surface area contributed by atoms with Gasteiger partial charge in [0.15, 0.2) is 0 Å². The Morgan fingerprint density at radius 2 is 1.61 bits per heavy atom. The minimum absolute atomic E-state index is 0.0599. The molecule has 2 rings (SSSR count). The molecular weight excluding hydrogens is 286 g/mol. The number of anilines is 1. The van der Waals surface area contributed by atoms with E-state index in [1.165, 1.54) is 0 Å². The maximum atomic E-state index is 12.5. The molecule has 4 heteroatoms. The summed E-state index contributed by atoms with van der Waals surface area (Å²) in [6.45, 7) is 3.40. The van der Waals surface area contributed by atoms with Crippen LogP contribution in [0.4, 0.5) is 5.69 Å². The third kappa shape index (κ3) is 4.57. The second-order valence-electron chi connectivity index (χ2n) is 5.91. The van der Waals surface area contributed by atoms with Crippen molar-refractivity contribution in [3.8, 4) is 0 Å². The summed E-state index contributed by atoms with van der Waals surface area (Å²) in [6.07, 6.45) is 0. The van der Waals surface area contributed by atoms with Gasteiger partial charge in [0.1, 0.15) is 6.04 Å². The number of nitrogens with zero attached hydrogens (tertiary/aromatic N) is 2. The standard InChI is InChI=1S/C19H25N3O/c1-15-9-11-16(12-10-15)18(20)19(23)22(3)14-13-21(2)17-7-5-4-6-8-17/h4-12,18H,13-14,20H2,1-3H3. The van der Waals surface area contributed by atoms with Gasteiger partial charge in [0, 0.05) is 32.9 Å². The third-order valence-corrected chi connectivity index (χ3v) is 4.05. The molecule has 0 saturated carbocycles. The Bertz CT molecular complexity index is 625. The van der Waals surface area contributed by atoms with Crippen molar-refractivity contribution in [3.05, 3.63) is 65.7 Å². The first-order valence-electron chi connectivity index (χ1n) is 7.82. The predicted octanol–water partition coefficient (Wildman–Crippen LogP) is 2.59. The zero-order chi connectivity index (χ0) is 16.8. The SMILES string of the molecule is Cc1ccc(C(N)C(=O)N(C)CCN(C)c2ccccc2)cc1. The van der Waals surface area contributed by atoms with Crippen molar-refractivity contribution in [3.63, 3.8) is 0 Å². The van der Waals surface area contributed by atoms with E-state index in [1.54, 1.807) is 11.9 Å². The van der Waals surface area contributed by atoms with Gasteiger partial charge in [0.2, 0.25) is 5.91 Å². The molecular formula is C19H25N3O. The number of para-hydroxylation sites is 1. The minimum atomic E-state index is -0.609. The van der Waals surface area contributed by atoms with Gasteiger partial charge in [-0.15, -0.1) is 0 Å². The van der Waals surface area contributed by atoms with Gasteiger partial charge in [-0.05, 0) is 24.6 Å². The molecule has 122 valence electrons. The Balaban J connectivity index is 1.90. The van der Waals surface area contributed by atoms with Crippen LogP contribution < -0.4 is 10.6 Å². The van der Waals surface area contributed by atoms with E-state index in [2.05, 4.69) is 17.0 Å². The monoisotopic (exact) mass is 311 g/mol. The lowest BCUT2D eigenvalue weighted by molar-refractivity contribution is -0.131. The molecule has 0 bridgehead atoms. The van der Waals surface area contributed by atoms with Gasteiger partial charge in [0.25, 0.3) is 0 Å². The maximum Gasteiger partial charge on any atom is 0.243 e. The highest BCUT2D eigenvalue weighted by molar-refractivity contribution is 5.82. The second-order valence-corrected chi connectivity index (χ2v) is 5.91. The summed E-state index contributed by atoms with van der Waals surface area (Å²) in [6, 6.07) is 17.3. The Morgan fingerprint density at radius 3 is 2.22 bits per heavy atom. The van der Waals surface area contributed by atoms with Gasteiger partial charge >= 0.3 is 0 Å². The number of amides is 1. The van der Waals surface area contributed by atoms with Gasteiger partial charge in [0.05, 0.1) is 0 Å². The van der Waals surface area contributed by atoms with E-state index in [9.17, 15) is 4.79 Å². The highest BCUT2D eigenvalue weighted by Crippen LogP contribution is 2.14. The number of nitrogens with two attached hydrogens (primary N) is 1. The quantitative estimate of drug-likeness (QED) is 0.892. The van der Waals surface area contributed by atoms with E-state index in [0.29, 0.717) is 6.54 Å². The second kappa shape index (κ2) is 7.79. The first-order valence-corrected chi connectivity index (χ1v) is 7.82. The fourth-order valence-corrected chi connectivity index (χ4v) is 2.38. The lowest BCUT2D eigenvalue weighted by atomic mass is 10.0. The number of rotatable bonds is 6. The molecule has 0 aromatic heterocycles. The molecule has 1 amide bonds. The highest BCUT2D eigenvalue weighted by Gasteiger charge is 2.19. The third-order valence-electron chi connectivity index (χ3n) is 4.05. The van der Waals surface area contributed by atoms with Crippen LogP contribution in [-0.2, 0) is 4.79 Å². The molecule has 2 N–H and O–H groups in total. The molecule has 4 nitrogen and oxygen atoms in total. The summed E-state index contributed by atoms with van der Waals surface area (Å²) in [5, 5.41) is 0. The van der Waals surface area contributed by atoms with Crippen LogP contribution in [0.25, 0.3) is 0 Å². The van der Waals surface area contributed by atoms with Crippen molar-refractivity contribution < 1.29 is 4.79 Å². The average molecular weight is 311 g/mol. The number of carbonyl (C=O) groups excluding carboxylic acids is 1. The van der Waals surface area contributed by atoms with E-state index in [4.69, 9.17) is 5.73 Å². The van der Waals surface area contributed by atoms with E-state index in [0.717, 1.165) is 23.4 Å². The number of aryl methyl sites for hydroxylation is 1. The molecule has 0 aliphatic rings. The van der Waals surface area contributed by atoms with Crippen LogP contribution in [0.15, 0.2) is 54.6 Å². The molecule has 1 unspecified atom stereocenters. The van der Waals surface area contributed by atoms with Crippen molar-refractivity contribution in [1.29, 1.82) is 0 Å². The van der Waals surface area contributed by atoms with Gasteiger partial charge in [-0.25, -0.2) is 0 Å². The molecule has 0 radical (unpaired) electrons. The van der Waals surface area contributed by atoms with Crippen LogP contribution in [0.3, 0.4) is 0 Å². The fraction of sp³-hybridized carbons (Fsp3) is 0.316. The Kier molecular flexibility index (Phi) is 5.77. The zero-order valence-corrected chi connectivity index (χ0v) is 14.1. The zero-order valence-electron chi connectivity index (χ0n) is 14.1. The number of likely N-dealkylation sites (N-methyl/N-ethyl adjacent to an activating group) is 2. The Labute approximate surface area is 138 Å². The highest BCUT2D eigenvalue weighted by atomic mass is 16.2. The summed E-state index contributed by atoms with van der Waals surface area (Å²) in [5.74, 6) is -0.0599. The van der Waals surface area contributed by atoms with Crippen molar-refractivity contribution in [2.45, 2.75) is 13.0 Å². The minimum Gasteiger partial charge on any atom is -0.373 e. The van der Waals surface area contributed by atoms with E-state index >= 15 is 0 Å². The van der Waals surface area contributed by atoms with Crippen molar-refractivity contribution in [1.82, 2.24) is 4.90 Å². The molecule has 0 aliphatic carbocycles. The van der Waals surface area contributed by atoms with Gasteiger partial charge in [-0.3, -0.25) is 4.79 Å². The summed E-state index contributed by atoms with van der Waals surface area (Å²) in [5.41, 5.74) is 9.25. The number of hydrogen-bond acceptors (Lipinski definition) is 3. The predicted molar refractivity (Wildman–Crippen MR) is 95.5 cm³/mol. The largest absolute Gasteiger partial charge is 0.373 e. The molecule has 2 aromatic carbocycles. The van der Waals surface area contributed by atoms with E-state index in [-0.39, 0.29) is 5.91 Å². The van der Waals surface area contributed by atoms with Crippen LogP contribution in [0, 0.1) is 6.92 Å². The van der Waals surface area contributed by atoms with Crippen LogP contribution in [0.2, 0.25) is 0 Å². The van der Waals surface area contributed by atoms with Gasteiger partial charge in [-0.2, -0.15) is 0 Å². The van der Waals surface area contributed by atoms with Crippen LogP contribution in [0.1, 0.15) is 17.2 Å². The van der Waals surface area contributed by atoms with Crippen LogP contribution >= 0.6 is 0 Å². The normalized spacial score (nSPS) is 11.8. The lowest BCUT2D eigenvalue weighted by Gasteiger charge is -2.25. The summed E-state index contributed by atoms with van der Waals surface area (Å²) < 4.78 is 0. The van der Waals surface area contributed by atoms with E-state index < -0.39 is 6.04 Å². The van der Waals surface area contributed by atoms with Crippen LogP contribution in [-0.4, -0.2) is 38.0 Å². The molecule has 0 aliphatic heterocycles. The number of benzene rings is 2. The molecule has 0 spiro atoms. The molecule has 0 fully saturated rings. The summed E-state index contributed by atoms with van der Waals surface area (Å²) in [7, 11) is 3.82. The first kappa shape index (κ1) is 17.0. The molecule has 0 saturated heterocycles. The van der Waals surface area contributed by atoms with Gasteiger partial charge < -0.3 is 15.5 Å². The topological polar surface area (TPSA) is 49.6 Å². The maximum absolute atomic E-state index is 12.5. The smallest absolute Gasteiger partial charge is 0.243 e. The summed E-state index contributed by atoms with van der Waals surface area (Å²) >= 11 is 0. The fourth-order valence-electron chi connectivity index (χ4n) is 2.38. The Morgan fingerprint density at radius 1 is 1.00 bits per heavy atom. The van der Waals surface area contributed by atoms with Crippen molar-refractivity contribution in [2.75, 3.05) is 32.1 Å².